The van der Waals surface area contributed by atoms with Crippen molar-refractivity contribution in [1.82, 2.24) is 9.97 Å². The number of primary sulfonamides is 1. The number of fused-ring (bicyclic) bond motifs is 1. The van der Waals surface area contributed by atoms with Crippen molar-refractivity contribution in [2.24, 2.45) is 5.14 Å². The van der Waals surface area contributed by atoms with Crippen molar-refractivity contribution < 1.29 is 8.42 Å². The van der Waals surface area contributed by atoms with E-state index in [-0.39, 0.29) is 4.90 Å². The van der Waals surface area contributed by atoms with E-state index < -0.39 is 10.0 Å². The van der Waals surface area contributed by atoms with E-state index in [0.29, 0.717) is 6.54 Å². The van der Waals surface area contributed by atoms with Gasteiger partial charge in [-0.25, -0.2) is 23.5 Å². The van der Waals surface area contributed by atoms with Crippen LogP contribution in [-0.4, -0.2) is 24.9 Å². The van der Waals surface area contributed by atoms with Crippen molar-refractivity contribution in [1.29, 1.82) is 0 Å². The average molecular weight is 445 g/mol. The lowest BCUT2D eigenvalue weighted by molar-refractivity contribution is 0.598. The standard InChI is InChI=1S/C20H20N4O2S3/c1-12-13(2)28-20-17(12)19(23-18(24-20)16-4-3-11-27-16)22-10-9-14-5-7-15(8-6-14)29(21,25)26/h3-8,11H,9-10H2,1-2H3,(H2,21,25,26)(H,22,23,24). The van der Waals surface area contributed by atoms with E-state index in [1.165, 1.54) is 22.6 Å². The van der Waals surface area contributed by atoms with Crippen LogP contribution in [0.2, 0.25) is 0 Å². The number of hydrogen-bond acceptors (Lipinski definition) is 7. The molecule has 0 fully saturated rings. The molecule has 0 radical (unpaired) electrons. The Bertz CT molecular complexity index is 1260. The summed E-state index contributed by atoms with van der Waals surface area (Å²) in [7, 11) is -3.67. The highest BCUT2D eigenvalue weighted by molar-refractivity contribution is 7.89. The third-order valence-corrected chi connectivity index (χ3v) is 7.62. The van der Waals surface area contributed by atoms with E-state index in [4.69, 9.17) is 15.1 Å². The largest absolute Gasteiger partial charge is 0.369 e. The van der Waals surface area contributed by atoms with Gasteiger partial charge in [-0.15, -0.1) is 22.7 Å². The van der Waals surface area contributed by atoms with Gasteiger partial charge in [0, 0.05) is 11.4 Å². The van der Waals surface area contributed by atoms with Crippen LogP contribution in [-0.2, 0) is 16.4 Å². The normalized spacial score (nSPS) is 11.8. The van der Waals surface area contributed by atoms with Gasteiger partial charge in [-0.05, 0) is 55.0 Å². The molecule has 0 saturated carbocycles. The Kier molecular flexibility index (Phi) is 5.39. The molecule has 0 amide bonds. The van der Waals surface area contributed by atoms with E-state index in [2.05, 4.69) is 19.2 Å². The van der Waals surface area contributed by atoms with E-state index in [1.807, 2.05) is 17.5 Å². The third kappa shape index (κ3) is 4.18. The van der Waals surface area contributed by atoms with Crippen molar-refractivity contribution in [2.45, 2.75) is 25.2 Å². The average Bonchev–Trinajstić information content (AvgIpc) is 3.30. The first-order valence-corrected chi connectivity index (χ1v) is 12.2. The van der Waals surface area contributed by atoms with Crippen LogP contribution >= 0.6 is 22.7 Å². The number of nitrogens with one attached hydrogen (secondary N) is 1. The molecule has 29 heavy (non-hydrogen) atoms. The van der Waals surface area contributed by atoms with Crippen molar-refractivity contribution in [3.63, 3.8) is 0 Å². The van der Waals surface area contributed by atoms with Crippen LogP contribution in [0, 0.1) is 13.8 Å². The highest BCUT2D eigenvalue weighted by Gasteiger charge is 2.16. The van der Waals surface area contributed by atoms with E-state index in [1.54, 1.807) is 34.8 Å². The molecule has 150 valence electrons. The summed E-state index contributed by atoms with van der Waals surface area (Å²) in [6.07, 6.45) is 0.729. The molecule has 0 spiro atoms. The minimum atomic E-state index is -3.67. The third-order valence-electron chi connectivity index (χ3n) is 4.73. The lowest BCUT2D eigenvalue weighted by atomic mass is 10.1. The summed E-state index contributed by atoms with van der Waals surface area (Å²) >= 11 is 3.30. The van der Waals surface area contributed by atoms with Crippen molar-refractivity contribution in [3.8, 4) is 10.7 Å². The Morgan fingerprint density at radius 3 is 2.52 bits per heavy atom. The summed E-state index contributed by atoms with van der Waals surface area (Å²) in [6.45, 7) is 4.86. The molecular weight excluding hydrogens is 424 g/mol. The van der Waals surface area contributed by atoms with Crippen LogP contribution in [0.15, 0.2) is 46.7 Å². The smallest absolute Gasteiger partial charge is 0.238 e. The summed E-state index contributed by atoms with van der Waals surface area (Å²) in [5.74, 6) is 1.56. The van der Waals surface area contributed by atoms with Gasteiger partial charge in [-0.2, -0.15) is 0 Å². The highest BCUT2D eigenvalue weighted by atomic mass is 32.2. The van der Waals surface area contributed by atoms with Crippen molar-refractivity contribution >= 4 is 48.7 Å². The summed E-state index contributed by atoms with van der Waals surface area (Å²) in [5.41, 5.74) is 2.22. The van der Waals surface area contributed by atoms with Gasteiger partial charge >= 0.3 is 0 Å². The summed E-state index contributed by atoms with van der Waals surface area (Å²) in [6, 6.07) is 10.7. The minimum absolute atomic E-state index is 0.122. The van der Waals surface area contributed by atoms with Gasteiger partial charge < -0.3 is 5.32 Å². The van der Waals surface area contributed by atoms with Gasteiger partial charge in [0.1, 0.15) is 10.6 Å². The van der Waals surface area contributed by atoms with Crippen LogP contribution in [0.3, 0.4) is 0 Å². The summed E-state index contributed by atoms with van der Waals surface area (Å²) in [5, 5.41) is 11.7. The number of hydrogen-bond donors (Lipinski definition) is 2. The lowest BCUT2D eigenvalue weighted by Gasteiger charge is -2.10. The Labute approximate surface area is 177 Å². The molecule has 0 bridgehead atoms. The Morgan fingerprint density at radius 2 is 1.86 bits per heavy atom. The molecule has 4 aromatic rings. The number of aryl methyl sites for hydroxylation is 2. The first-order valence-electron chi connectivity index (χ1n) is 9.00. The molecular formula is C20H20N4O2S3. The van der Waals surface area contributed by atoms with Crippen LogP contribution in [0.1, 0.15) is 16.0 Å². The SMILES string of the molecule is Cc1sc2nc(-c3cccs3)nc(NCCc3ccc(S(N)(=O)=O)cc3)c2c1C. The number of benzene rings is 1. The fourth-order valence-electron chi connectivity index (χ4n) is 3.06. The molecule has 3 N–H and O–H groups in total. The molecule has 4 rings (SSSR count). The van der Waals surface area contributed by atoms with Crippen LogP contribution in [0.25, 0.3) is 20.9 Å². The van der Waals surface area contributed by atoms with Crippen molar-refractivity contribution in [2.75, 3.05) is 11.9 Å². The minimum Gasteiger partial charge on any atom is -0.369 e. The van der Waals surface area contributed by atoms with Gasteiger partial charge in [0.2, 0.25) is 10.0 Å². The molecule has 0 saturated heterocycles. The van der Waals surface area contributed by atoms with E-state index in [0.717, 1.165) is 38.7 Å². The maximum absolute atomic E-state index is 11.4. The van der Waals surface area contributed by atoms with Gasteiger partial charge in [0.15, 0.2) is 5.82 Å². The summed E-state index contributed by atoms with van der Waals surface area (Å²) < 4.78 is 22.8. The van der Waals surface area contributed by atoms with Gasteiger partial charge in [-0.3, -0.25) is 0 Å². The number of nitrogens with zero attached hydrogens (tertiary/aromatic N) is 2. The Morgan fingerprint density at radius 1 is 1.10 bits per heavy atom. The number of rotatable bonds is 6. The molecule has 3 heterocycles. The fraction of sp³-hybridized carbons (Fsp3) is 0.200. The molecule has 9 heteroatoms. The zero-order valence-electron chi connectivity index (χ0n) is 16.0. The molecule has 3 aromatic heterocycles. The molecule has 6 nitrogen and oxygen atoms in total. The second kappa shape index (κ2) is 7.83. The predicted octanol–water partition coefficient (Wildman–Crippen LogP) is 4.34. The molecule has 0 aliphatic rings. The molecule has 0 aliphatic carbocycles. The monoisotopic (exact) mass is 444 g/mol. The number of anilines is 1. The lowest BCUT2D eigenvalue weighted by Crippen LogP contribution is -2.12. The van der Waals surface area contributed by atoms with Gasteiger partial charge in [0.05, 0.1) is 15.2 Å². The number of thiophene rings is 2. The number of sulfonamides is 1. The number of nitrogens with two attached hydrogens (primary N) is 1. The van der Waals surface area contributed by atoms with Gasteiger partial charge in [0.25, 0.3) is 0 Å². The topological polar surface area (TPSA) is 98.0 Å². The van der Waals surface area contributed by atoms with Crippen molar-refractivity contribution in [3.05, 3.63) is 57.8 Å². The van der Waals surface area contributed by atoms with Crippen LogP contribution in [0.4, 0.5) is 5.82 Å². The first-order chi connectivity index (χ1) is 13.8. The second-order valence-corrected chi connectivity index (χ2v) is 10.4. The van der Waals surface area contributed by atoms with E-state index >= 15 is 0 Å². The predicted molar refractivity (Wildman–Crippen MR) is 120 cm³/mol. The molecule has 0 atom stereocenters. The zero-order valence-corrected chi connectivity index (χ0v) is 18.4. The summed E-state index contributed by atoms with van der Waals surface area (Å²) in [4.78, 5) is 12.9. The molecule has 0 aliphatic heterocycles. The molecule has 1 aromatic carbocycles. The Hall–Kier alpha value is -2.33. The second-order valence-electron chi connectivity index (χ2n) is 6.70. The van der Waals surface area contributed by atoms with Gasteiger partial charge in [-0.1, -0.05) is 18.2 Å². The molecule has 0 unspecified atom stereocenters. The highest BCUT2D eigenvalue weighted by Crippen LogP contribution is 2.35. The number of aromatic nitrogens is 2. The quantitative estimate of drug-likeness (QED) is 0.461. The zero-order chi connectivity index (χ0) is 20.6. The fourth-order valence-corrected chi connectivity index (χ4v) is 5.27. The first kappa shape index (κ1) is 20.0. The van der Waals surface area contributed by atoms with Crippen LogP contribution in [0.5, 0.6) is 0 Å². The Balaban J connectivity index is 1.58. The van der Waals surface area contributed by atoms with E-state index in [9.17, 15) is 8.42 Å². The maximum Gasteiger partial charge on any atom is 0.238 e. The van der Waals surface area contributed by atoms with Crippen LogP contribution < -0.4 is 10.5 Å². The maximum atomic E-state index is 11.4.